The molecule has 4 heterocycles. The molecule has 2 aliphatic rings. The summed E-state index contributed by atoms with van der Waals surface area (Å²) in [6.45, 7) is 9.21. The fourth-order valence-electron chi connectivity index (χ4n) is 6.10. The highest BCUT2D eigenvalue weighted by Gasteiger charge is 2.29. The Morgan fingerprint density at radius 1 is 0.564 bits per heavy atom. The molecular weight excluding hydrogens is 745 g/mol. The van der Waals surface area contributed by atoms with E-state index in [0.717, 1.165) is 15.0 Å². The summed E-state index contributed by atoms with van der Waals surface area (Å²) in [5, 5.41) is 1.27. The molecule has 2 aromatic heterocycles. The number of hydrogen-bond donors (Lipinski definition) is 0. The fourth-order valence-corrected chi connectivity index (χ4v) is 8.08. The number of ether oxygens (including phenoxy) is 2. The maximum absolute atomic E-state index is 12.6. The van der Waals surface area contributed by atoms with Gasteiger partial charge in [-0.05, 0) is 50.6 Å². The highest BCUT2D eigenvalue weighted by molar-refractivity contribution is 7.14. The first-order valence-corrected chi connectivity index (χ1v) is 19.6. The molecule has 7 rings (SSSR count). The zero-order valence-electron chi connectivity index (χ0n) is 31.0. The van der Waals surface area contributed by atoms with Crippen molar-refractivity contribution in [3.05, 3.63) is 105 Å². The van der Waals surface area contributed by atoms with Crippen LogP contribution in [0.1, 0.15) is 26.3 Å². The van der Waals surface area contributed by atoms with Gasteiger partial charge in [0.15, 0.2) is 0 Å². The molecule has 0 aliphatic carbocycles. The van der Waals surface area contributed by atoms with Gasteiger partial charge < -0.3 is 29.1 Å². The van der Waals surface area contributed by atoms with Crippen molar-refractivity contribution < 1.29 is 28.7 Å². The molecule has 14 nitrogen and oxygen atoms in total. The molecule has 2 fully saturated rings. The molecule has 0 spiro atoms. The molecule has 0 atom stereocenters. The lowest BCUT2D eigenvalue weighted by Gasteiger charge is -2.35. The van der Waals surface area contributed by atoms with Crippen LogP contribution >= 0.6 is 23.1 Å². The molecule has 2 aliphatic heterocycles. The number of nitrogens with zero attached hydrogens (tertiary/aromatic N) is 6. The van der Waals surface area contributed by atoms with Gasteiger partial charge in [-0.2, -0.15) is 0 Å². The van der Waals surface area contributed by atoms with Crippen LogP contribution in [0, 0.1) is 0 Å². The minimum atomic E-state index is -0.535. The third-order valence-electron chi connectivity index (χ3n) is 9.04. The van der Waals surface area contributed by atoms with Crippen LogP contribution in [-0.4, -0.2) is 109 Å². The summed E-state index contributed by atoms with van der Waals surface area (Å²) in [5.74, 6) is -0.224. The third kappa shape index (κ3) is 9.99. The Balaban J connectivity index is 0.000000188. The molecule has 3 aromatic carbocycles. The molecule has 16 heteroatoms. The lowest BCUT2D eigenvalue weighted by atomic mass is 10.2. The van der Waals surface area contributed by atoms with Crippen LogP contribution in [0.25, 0.3) is 20.2 Å². The molecule has 5 aromatic rings. The Bertz CT molecular complexity index is 2260. The van der Waals surface area contributed by atoms with Crippen molar-refractivity contribution in [2.24, 2.45) is 0 Å². The molecule has 0 bridgehead atoms. The largest absolute Gasteiger partial charge is 0.445 e. The van der Waals surface area contributed by atoms with E-state index in [4.69, 9.17) is 9.47 Å². The van der Waals surface area contributed by atoms with Gasteiger partial charge in [0.05, 0.1) is 20.2 Å². The van der Waals surface area contributed by atoms with Crippen LogP contribution in [0.5, 0.6) is 0 Å². The van der Waals surface area contributed by atoms with Gasteiger partial charge in [0.2, 0.25) is 11.8 Å². The average molecular weight is 789 g/mol. The van der Waals surface area contributed by atoms with Gasteiger partial charge in [-0.25, -0.2) is 9.59 Å². The van der Waals surface area contributed by atoms with Crippen LogP contribution in [0.15, 0.2) is 88.5 Å². The smallest absolute Gasteiger partial charge is 0.410 e. The second-order valence-corrected chi connectivity index (χ2v) is 16.2. The lowest BCUT2D eigenvalue weighted by molar-refractivity contribution is -0.134. The monoisotopic (exact) mass is 788 g/mol. The van der Waals surface area contributed by atoms with Gasteiger partial charge in [-0.1, -0.05) is 77.7 Å². The standard InChI is InChI=1S/C21H21N3O4S.C18H23N3O4S/c25-19(14-24-20(26)17-8-4-5-9-18(17)29-24)22-10-12-23(13-11-22)21(27)28-15-16-6-2-1-3-7-16;1-18(2,3)25-17(24)20-10-8-19(9-11-20)15(22)12-21-16(23)13-6-4-5-7-14(13)26-21/h1-9H,10-15H2;4-7H,8-12H2,1-3H3. The van der Waals surface area contributed by atoms with E-state index in [1.165, 1.54) is 31.0 Å². The first-order chi connectivity index (χ1) is 26.4. The fraction of sp³-hybridized carbons (Fsp3) is 0.385. The Kier molecular flexibility index (Phi) is 12.4. The van der Waals surface area contributed by atoms with E-state index in [0.29, 0.717) is 63.1 Å². The Morgan fingerprint density at radius 3 is 1.40 bits per heavy atom. The molecule has 2 saturated heterocycles. The van der Waals surface area contributed by atoms with Crippen LogP contribution in [0.3, 0.4) is 0 Å². The van der Waals surface area contributed by atoms with Crippen molar-refractivity contribution in [2.75, 3.05) is 52.4 Å². The zero-order valence-corrected chi connectivity index (χ0v) is 32.7. The molecule has 4 amide bonds. The topological polar surface area (TPSA) is 144 Å². The predicted molar refractivity (Wildman–Crippen MR) is 211 cm³/mol. The number of rotatable bonds is 6. The SMILES string of the molecule is CC(C)(C)OC(=O)N1CCN(C(=O)Cn2sc3ccccc3c2=O)CC1.O=C(Cn1sc2ccccc2c1=O)N1CCN(C(=O)OCc2ccccc2)CC1. The highest BCUT2D eigenvalue weighted by Crippen LogP contribution is 2.18. The van der Waals surface area contributed by atoms with E-state index in [1.54, 1.807) is 31.7 Å². The van der Waals surface area contributed by atoms with Gasteiger partial charge in [-0.3, -0.25) is 27.1 Å². The number of piperazine rings is 2. The van der Waals surface area contributed by atoms with E-state index in [2.05, 4.69) is 0 Å². The summed E-state index contributed by atoms with van der Waals surface area (Å²) in [4.78, 5) is 80.9. The number of aromatic nitrogens is 2. The van der Waals surface area contributed by atoms with Gasteiger partial charge >= 0.3 is 12.2 Å². The van der Waals surface area contributed by atoms with Gasteiger partial charge in [0.25, 0.3) is 11.1 Å². The summed E-state index contributed by atoms with van der Waals surface area (Å²) in [7, 11) is 0. The molecule has 55 heavy (non-hydrogen) atoms. The predicted octanol–water partition coefficient (Wildman–Crippen LogP) is 4.69. The Morgan fingerprint density at radius 2 is 0.964 bits per heavy atom. The van der Waals surface area contributed by atoms with E-state index in [-0.39, 0.29) is 54.8 Å². The third-order valence-corrected chi connectivity index (χ3v) is 11.2. The van der Waals surface area contributed by atoms with Crippen molar-refractivity contribution in [3.8, 4) is 0 Å². The summed E-state index contributed by atoms with van der Waals surface area (Å²) in [6.07, 6.45) is -0.730. The van der Waals surface area contributed by atoms with Crippen molar-refractivity contribution in [3.63, 3.8) is 0 Å². The number of fused-ring (bicyclic) bond motifs is 2. The number of amides is 4. The van der Waals surface area contributed by atoms with Gasteiger partial charge in [0, 0.05) is 52.4 Å². The maximum Gasteiger partial charge on any atom is 0.410 e. The van der Waals surface area contributed by atoms with Gasteiger partial charge in [-0.15, -0.1) is 0 Å². The normalized spacial score (nSPS) is 14.7. The minimum Gasteiger partial charge on any atom is -0.445 e. The molecule has 0 saturated carbocycles. The minimum absolute atomic E-state index is 0.0244. The molecule has 0 unspecified atom stereocenters. The summed E-state index contributed by atoms with van der Waals surface area (Å²) in [5.41, 5.74) is 0.128. The van der Waals surface area contributed by atoms with E-state index >= 15 is 0 Å². The Hall–Kier alpha value is -5.48. The highest BCUT2D eigenvalue weighted by atomic mass is 32.1. The number of carbonyl (C=O) groups is 4. The first kappa shape index (κ1) is 39.2. The summed E-state index contributed by atoms with van der Waals surface area (Å²) in [6, 6.07) is 24.2. The van der Waals surface area contributed by atoms with Crippen molar-refractivity contribution in [1.82, 2.24) is 27.5 Å². The number of carbonyl (C=O) groups excluding carboxylic acids is 4. The van der Waals surface area contributed by atoms with E-state index in [1.807, 2.05) is 87.5 Å². The van der Waals surface area contributed by atoms with Gasteiger partial charge in [0.1, 0.15) is 25.3 Å². The number of hydrogen-bond acceptors (Lipinski definition) is 10. The second-order valence-electron chi connectivity index (χ2n) is 14.1. The van der Waals surface area contributed by atoms with E-state index < -0.39 is 5.60 Å². The van der Waals surface area contributed by atoms with Crippen LogP contribution < -0.4 is 11.1 Å². The van der Waals surface area contributed by atoms with Crippen LogP contribution in [-0.2, 0) is 38.8 Å². The number of benzene rings is 3. The van der Waals surface area contributed by atoms with Crippen LogP contribution in [0.4, 0.5) is 9.59 Å². The van der Waals surface area contributed by atoms with Crippen LogP contribution in [0.2, 0.25) is 0 Å². The molecule has 0 N–H and O–H groups in total. The van der Waals surface area contributed by atoms with E-state index in [9.17, 15) is 28.8 Å². The second kappa shape index (κ2) is 17.3. The molecule has 0 radical (unpaired) electrons. The molecular formula is C39H44N6O8S2. The maximum atomic E-state index is 12.6. The lowest BCUT2D eigenvalue weighted by Crippen LogP contribution is -2.52. The summed E-state index contributed by atoms with van der Waals surface area (Å²) >= 11 is 2.60. The Labute approximate surface area is 325 Å². The summed E-state index contributed by atoms with van der Waals surface area (Å²) < 4.78 is 15.4. The first-order valence-electron chi connectivity index (χ1n) is 18.0. The molecule has 290 valence electrons. The van der Waals surface area contributed by atoms with Crippen molar-refractivity contribution in [1.29, 1.82) is 0 Å². The zero-order chi connectivity index (χ0) is 39.1. The van der Waals surface area contributed by atoms with Crippen molar-refractivity contribution in [2.45, 2.75) is 46.1 Å². The quantitative estimate of drug-likeness (QED) is 0.241. The van der Waals surface area contributed by atoms with Crippen molar-refractivity contribution >= 4 is 67.2 Å². The average Bonchev–Trinajstić information content (AvgIpc) is 3.68.